The fraction of sp³-hybridized carbons (Fsp3) is 0.625. The molecule has 1 aromatic rings. The predicted octanol–water partition coefficient (Wildman–Crippen LogP) is 2.36. The summed E-state index contributed by atoms with van der Waals surface area (Å²) in [6.45, 7) is 0.980. The van der Waals surface area contributed by atoms with Crippen LogP contribution in [0.15, 0.2) is 30.3 Å². The molecule has 2 saturated heterocycles. The number of ether oxygens (including phenoxy) is 1. The lowest BCUT2D eigenvalue weighted by molar-refractivity contribution is -0.0720. The number of rotatable bonds is 4. The molecule has 2 heterocycles. The zero-order valence-electron chi connectivity index (χ0n) is 11.8. The molecular formula is C16H23NO2S. The lowest BCUT2D eigenvalue weighted by Crippen LogP contribution is -2.48. The SMILES string of the molecule is OCC(NC1CCOC2(CCSC2)C1)c1ccccc1. The molecule has 110 valence electrons. The lowest BCUT2D eigenvalue weighted by Gasteiger charge is -2.39. The first-order valence-corrected chi connectivity index (χ1v) is 8.60. The van der Waals surface area contributed by atoms with Crippen LogP contribution in [0.1, 0.15) is 30.9 Å². The Labute approximate surface area is 125 Å². The Morgan fingerprint density at radius 1 is 1.40 bits per heavy atom. The van der Waals surface area contributed by atoms with Crippen LogP contribution in [0.4, 0.5) is 0 Å². The van der Waals surface area contributed by atoms with Gasteiger partial charge in [-0.15, -0.1) is 0 Å². The fourth-order valence-corrected chi connectivity index (χ4v) is 4.64. The van der Waals surface area contributed by atoms with Crippen LogP contribution in [-0.4, -0.2) is 41.5 Å². The molecule has 20 heavy (non-hydrogen) atoms. The number of aliphatic hydroxyl groups excluding tert-OH is 1. The van der Waals surface area contributed by atoms with Crippen molar-refractivity contribution < 1.29 is 9.84 Å². The maximum absolute atomic E-state index is 9.67. The number of benzene rings is 1. The Bertz CT molecular complexity index is 420. The average Bonchev–Trinajstić information content (AvgIpc) is 2.93. The minimum absolute atomic E-state index is 0.0328. The Balaban J connectivity index is 1.64. The van der Waals surface area contributed by atoms with Gasteiger partial charge in [0.15, 0.2) is 0 Å². The molecule has 2 N–H and O–H groups in total. The van der Waals surface area contributed by atoms with E-state index in [9.17, 15) is 5.11 Å². The Hall–Kier alpha value is -0.550. The minimum atomic E-state index is 0.0328. The Morgan fingerprint density at radius 3 is 2.95 bits per heavy atom. The first-order valence-electron chi connectivity index (χ1n) is 7.45. The molecule has 0 bridgehead atoms. The van der Waals surface area contributed by atoms with Gasteiger partial charge >= 0.3 is 0 Å². The minimum Gasteiger partial charge on any atom is -0.394 e. The molecule has 1 aromatic carbocycles. The topological polar surface area (TPSA) is 41.5 Å². The van der Waals surface area contributed by atoms with Gasteiger partial charge in [0.25, 0.3) is 0 Å². The van der Waals surface area contributed by atoms with E-state index in [1.165, 1.54) is 12.2 Å². The maximum atomic E-state index is 9.67. The summed E-state index contributed by atoms with van der Waals surface area (Å²) >= 11 is 2.00. The smallest absolute Gasteiger partial charge is 0.0795 e. The third-order valence-electron chi connectivity index (χ3n) is 4.38. The summed E-state index contributed by atoms with van der Waals surface area (Å²) in [5, 5.41) is 13.3. The Morgan fingerprint density at radius 2 is 2.25 bits per heavy atom. The standard InChI is InChI=1S/C16H23NO2S/c18-11-15(13-4-2-1-3-5-13)17-14-6-8-19-16(10-14)7-9-20-12-16/h1-5,14-15,17-18H,6-12H2. The third kappa shape index (κ3) is 3.19. The van der Waals surface area contributed by atoms with E-state index in [2.05, 4.69) is 17.4 Å². The molecule has 2 aliphatic heterocycles. The van der Waals surface area contributed by atoms with Gasteiger partial charge in [-0.1, -0.05) is 30.3 Å². The van der Waals surface area contributed by atoms with Crippen LogP contribution in [0.5, 0.6) is 0 Å². The second kappa shape index (κ2) is 6.48. The highest BCUT2D eigenvalue weighted by atomic mass is 32.2. The van der Waals surface area contributed by atoms with E-state index in [1.807, 2.05) is 30.0 Å². The monoisotopic (exact) mass is 293 g/mol. The van der Waals surface area contributed by atoms with Gasteiger partial charge in [0, 0.05) is 18.4 Å². The Kier molecular flexibility index (Phi) is 4.66. The zero-order valence-corrected chi connectivity index (χ0v) is 12.6. The van der Waals surface area contributed by atoms with E-state index < -0.39 is 0 Å². The van der Waals surface area contributed by atoms with Crippen LogP contribution >= 0.6 is 11.8 Å². The molecule has 3 unspecified atom stereocenters. The number of thioether (sulfide) groups is 1. The van der Waals surface area contributed by atoms with E-state index in [4.69, 9.17) is 4.74 Å². The van der Waals surface area contributed by atoms with E-state index in [-0.39, 0.29) is 18.2 Å². The molecule has 0 amide bonds. The van der Waals surface area contributed by atoms with E-state index in [1.54, 1.807) is 0 Å². The normalized spacial score (nSPS) is 31.6. The second-order valence-corrected chi connectivity index (χ2v) is 6.94. The molecule has 1 spiro atoms. The number of nitrogens with one attached hydrogen (secondary N) is 1. The zero-order chi connectivity index (χ0) is 13.8. The van der Waals surface area contributed by atoms with Gasteiger partial charge in [-0.05, 0) is 30.6 Å². The molecule has 0 aromatic heterocycles. The largest absolute Gasteiger partial charge is 0.394 e. The second-order valence-electron chi connectivity index (χ2n) is 5.84. The summed E-state index contributed by atoms with van der Waals surface area (Å²) in [5.74, 6) is 2.34. The molecule has 0 aliphatic carbocycles. The van der Waals surface area contributed by atoms with Crippen LogP contribution in [0.3, 0.4) is 0 Å². The van der Waals surface area contributed by atoms with Gasteiger partial charge in [-0.3, -0.25) is 0 Å². The van der Waals surface area contributed by atoms with Crippen molar-refractivity contribution in [1.82, 2.24) is 5.32 Å². The van der Waals surface area contributed by atoms with Crippen molar-refractivity contribution in [3.8, 4) is 0 Å². The van der Waals surface area contributed by atoms with E-state index in [0.717, 1.165) is 30.8 Å². The van der Waals surface area contributed by atoms with Crippen molar-refractivity contribution in [2.45, 2.75) is 36.9 Å². The molecule has 2 aliphatic rings. The van der Waals surface area contributed by atoms with Gasteiger partial charge in [0.05, 0.1) is 18.2 Å². The van der Waals surface area contributed by atoms with Crippen molar-refractivity contribution in [1.29, 1.82) is 0 Å². The highest BCUT2D eigenvalue weighted by Gasteiger charge is 2.40. The van der Waals surface area contributed by atoms with Crippen molar-refractivity contribution in [2.75, 3.05) is 24.7 Å². The average molecular weight is 293 g/mol. The summed E-state index contributed by atoms with van der Waals surface area (Å²) in [4.78, 5) is 0. The molecule has 3 nitrogen and oxygen atoms in total. The van der Waals surface area contributed by atoms with Crippen molar-refractivity contribution in [3.05, 3.63) is 35.9 Å². The van der Waals surface area contributed by atoms with Crippen LogP contribution in [0.25, 0.3) is 0 Å². The van der Waals surface area contributed by atoms with Crippen molar-refractivity contribution in [2.24, 2.45) is 0 Å². The first kappa shape index (κ1) is 14.4. The summed E-state index contributed by atoms with van der Waals surface area (Å²) in [6, 6.07) is 10.7. The molecule has 0 radical (unpaired) electrons. The van der Waals surface area contributed by atoms with Crippen LogP contribution in [-0.2, 0) is 4.74 Å². The molecule has 0 saturated carbocycles. The molecular weight excluding hydrogens is 270 g/mol. The quantitative estimate of drug-likeness (QED) is 0.894. The summed E-state index contributed by atoms with van der Waals surface area (Å²) in [7, 11) is 0. The van der Waals surface area contributed by atoms with Gasteiger partial charge in [-0.2, -0.15) is 11.8 Å². The van der Waals surface area contributed by atoms with Gasteiger partial charge in [0.2, 0.25) is 0 Å². The maximum Gasteiger partial charge on any atom is 0.0795 e. The fourth-order valence-electron chi connectivity index (χ4n) is 3.26. The molecule has 2 fully saturated rings. The summed E-state index contributed by atoms with van der Waals surface area (Å²) in [6.07, 6.45) is 3.28. The third-order valence-corrected chi connectivity index (χ3v) is 5.60. The number of hydrogen-bond donors (Lipinski definition) is 2. The van der Waals surface area contributed by atoms with Crippen molar-refractivity contribution >= 4 is 11.8 Å². The van der Waals surface area contributed by atoms with Gasteiger partial charge in [0.1, 0.15) is 0 Å². The van der Waals surface area contributed by atoms with E-state index >= 15 is 0 Å². The summed E-state index contributed by atoms with van der Waals surface area (Å²) in [5.41, 5.74) is 1.26. The molecule has 4 heteroatoms. The number of aliphatic hydroxyl groups is 1. The van der Waals surface area contributed by atoms with Crippen LogP contribution in [0, 0.1) is 0 Å². The van der Waals surface area contributed by atoms with Gasteiger partial charge < -0.3 is 15.2 Å². The highest BCUT2D eigenvalue weighted by molar-refractivity contribution is 7.99. The van der Waals surface area contributed by atoms with E-state index in [0.29, 0.717) is 6.04 Å². The predicted molar refractivity (Wildman–Crippen MR) is 83.1 cm³/mol. The van der Waals surface area contributed by atoms with Crippen LogP contribution < -0.4 is 5.32 Å². The van der Waals surface area contributed by atoms with Gasteiger partial charge in [-0.25, -0.2) is 0 Å². The molecule has 3 atom stereocenters. The first-order chi connectivity index (χ1) is 9.81. The van der Waals surface area contributed by atoms with Crippen molar-refractivity contribution in [3.63, 3.8) is 0 Å². The lowest BCUT2D eigenvalue weighted by atomic mass is 9.89. The highest BCUT2D eigenvalue weighted by Crippen LogP contribution is 2.38. The molecule has 3 rings (SSSR count). The number of hydrogen-bond acceptors (Lipinski definition) is 4. The van der Waals surface area contributed by atoms with Crippen LogP contribution in [0.2, 0.25) is 0 Å². The summed E-state index contributed by atoms with van der Waals surface area (Å²) < 4.78 is 6.05.